The molecule has 4 rings (SSSR count). The van der Waals surface area contributed by atoms with Crippen molar-refractivity contribution in [1.29, 1.82) is 0 Å². The predicted molar refractivity (Wildman–Crippen MR) is 118 cm³/mol. The molecule has 0 bridgehead atoms. The fourth-order valence-corrected chi connectivity index (χ4v) is 6.64. The second-order valence-corrected chi connectivity index (χ2v) is 10.4. The van der Waals surface area contributed by atoms with Crippen LogP contribution >= 0.6 is 34.9 Å². The Hall–Kier alpha value is -2.41. The van der Waals surface area contributed by atoms with Crippen LogP contribution in [0.25, 0.3) is 0 Å². The van der Waals surface area contributed by atoms with Gasteiger partial charge < -0.3 is 16.2 Å². The van der Waals surface area contributed by atoms with E-state index in [-0.39, 0.29) is 5.70 Å². The van der Waals surface area contributed by atoms with Crippen molar-refractivity contribution in [2.75, 3.05) is 11.5 Å². The third-order valence-electron chi connectivity index (χ3n) is 4.87. The van der Waals surface area contributed by atoms with E-state index in [9.17, 15) is 19.5 Å². The van der Waals surface area contributed by atoms with E-state index in [0.29, 0.717) is 22.6 Å². The number of carbonyl (C=O) groups excluding carboxylic acids is 2. The number of hydrogen-bond donors (Lipinski definition) is 3. The molecule has 3 atom stereocenters. The summed E-state index contributed by atoms with van der Waals surface area (Å²) in [5.41, 5.74) is 7.28. The number of thioether (sulfide) groups is 2. The Morgan fingerprint density at radius 3 is 2.74 bits per heavy atom. The summed E-state index contributed by atoms with van der Waals surface area (Å²) in [6.45, 7) is 1.85. The number of amides is 2. The largest absolute Gasteiger partial charge is 0.477 e. The molecule has 2 aromatic rings. The molecule has 2 amide bonds. The number of fused-ring (bicyclic) bond motifs is 1. The van der Waals surface area contributed by atoms with Crippen LogP contribution in [0.4, 0.5) is 0 Å². The van der Waals surface area contributed by atoms with Crippen LogP contribution in [0.1, 0.15) is 16.6 Å². The number of benzene rings is 1. The van der Waals surface area contributed by atoms with Gasteiger partial charge in [-0.3, -0.25) is 14.5 Å². The van der Waals surface area contributed by atoms with Crippen LogP contribution in [0.15, 0.2) is 45.9 Å². The number of nitrogens with one attached hydrogen (secondary N) is 1. The third kappa shape index (κ3) is 4.33. The van der Waals surface area contributed by atoms with Gasteiger partial charge in [-0.1, -0.05) is 53.4 Å². The zero-order valence-electron chi connectivity index (χ0n) is 16.3. The summed E-state index contributed by atoms with van der Waals surface area (Å²) >= 11 is 4.26. The van der Waals surface area contributed by atoms with Crippen LogP contribution in [-0.2, 0) is 14.4 Å². The molecule has 9 nitrogen and oxygen atoms in total. The minimum absolute atomic E-state index is 0.0136. The predicted octanol–water partition coefficient (Wildman–Crippen LogP) is 1.38. The number of aliphatic carboxylic acids is 1. The average molecular weight is 478 g/mol. The topological polar surface area (TPSA) is 139 Å². The van der Waals surface area contributed by atoms with Crippen molar-refractivity contribution in [2.24, 2.45) is 5.73 Å². The number of nitrogens with two attached hydrogens (primary N) is 1. The first-order valence-corrected chi connectivity index (χ1v) is 12.2. The molecule has 1 aromatic heterocycles. The van der Waals surface area contributed by atoms with Gasteiger partial charge in [-0.15, -0.1) is 22.0 Å². The van der Waals surface area contributed by atoms with Crippen molar-refractivity contribution in [3.05, 3.63) is 52.2 Å². The lowest BCUT2D eigenvalue weighted by atomic mass is 10.0. The molecular formula is C19H19N5O4S3. The van der Waals surface area contributed by atoms with Crippen LogP contribution in [0.2, 0.25) is 0 Å². The first-order valence-electron chi connectivity index (χ1n) is 9.30. The number of carboxylic acids is 1. The van der Waals surface area contributed by atoms with Gasteiger partial charge in [0, 0.05) is 11.5 Å². The summed E-state index contributed by atoms with van der Waals surface area (Å²) in [5.74, 6) is -1.24. The number of hydrogen-bond acceptors (Lipinski definition) is 9. The fraction of sp³-hybridized carbons (Fsp3) is 0.316. The number of nitrogens with zero attached hydrogens (tertiary/aromatic N) is 3. The van der Waals surface area contributed by atoms with E-state index in [1.54, 1.807) is 24.3 Å². The highest BCUT2D eigenvalue weighted by molar-refractivity contribution is 8.01. The summed E-state index contributed by atoms with van der Waals surface area (Å²) < 4.78 is 0.747. The van der Waals surface area contributed by atoms with Gasteiger partial charge in [-0.25, -0.2) is 4.79 Å². The van der Waals surface area contributed by atoms with Crippen LogP contribution in [0.5, 0.6) is 0 Å². The molecule has 31 heavy (non-hydrogen) atoms. The average Bonchev–Trinajstić information content (AvgIpc) is 3.20. The maximum absolute atomic E-state index is 12.8. The zero-order chi connectivity index (χ0) is 22.1. The van der Waals surface area contributed by atoms with Gasteiger partial charge in [0.15, 0.2) is 4.34 Å². The van der Waals surface area contributed by atoms with Gasteiger partial charge in [-0.05, 0) is 18.1 Å². The van der Waals surface area contributed by atoms with Crippen LogP contribution in [0, 0.1) is 6.92 Å². The number of carbonyl (C=O) groups is 3. The summed E-state index contributed by atoms with van der Waals surface area (Å²) in [4.78, 5) is 38.5. The third-order valence-corrected chi connectivity index (χ3v) is 8.26. The van der Waals surface area contributed by atoms with Crippen LogP contribution in [0.3, 0.4) is 0 Å². The van der Waals surface area contributed by atoms with Crippen molar-refractivity contribution in [3.8, 4) is 0 Å². The highest BCUT2D eigenvalue weighted by atomic mass is 32.2. The van der Waals surface area contributed by atoms with Gasteiger partial charge in [0.05, 0.1) is 0 Å². The molecule has 1 aromatic carbocycles. The highest BCUT2D eigenvalue weighted by Crippen LogP contribution is 2.41. The molecule has 3 heterocycles. The second-order valence-electron chi connectivity index (χ2n) is 6.92. The van der Waals surface area contributed by atoms with Gasteiger partial charge in [0.1, 0.15) is 28.2 Å². The van der Waals surface area contributed by atoms with Gasteiger partial charge in [0.25, 0.3) is 5.91 Å². The molecule has 0 saturated carbocycles. The summed E-state index contributed by atoms with van der Waals surface area (Å²) in [6.07, 6.45) is 0. The monoisotopic (exact) mass is 477 g/mol. The van der Waals surface area contributed by atoms with E-state index in [1.165, 1.54) is 39.8 Å². The van der Waals surface area contributed by atoms with E-state index in [2.05, 4.69) is 15.5 Å². The number of rotatable bonds is 7. The molecule has 1 saturated heterocycles. The molecule has 0 aliphatic carbocycles. The zero-order valence-corrected chi connectivity index (χ0v) is 18.8. The van der Waals surface area contributed by atoms with Gasteiger partial charge in [0.2, 0.25) is 5.91 Å². The molecule has 0 spiro atoms. The lowest BCUT2D eigenvalue weighted by Crippen LogP contribution is -2.71. The van der Waals surface area contributed by atoms with E-state index in [4.69, 9.17) is 5.73 Å². The SMILES string of the molecule is Cc1nnc(SCC2=C(C(=O)O)N3C(=O)C(NC(=O)C(N)c4ccccc4)[C@H]3SC2)s1. The Bertz CT molecular complexity index is 1060. The van der Waals surface area contributed by atoms with Crippen molar-refractivity contribution in [3.63, 3.8) is 0 Å². The minimum Gasteiger partial charge on any atom is -0.477 e. The normalized spacial score (nSPS) is 21.4. The van der Waals surface area contributed by atoms with Crippen LogP contribution in [-0.4, -0.2) is 60.9 Å². The van der Waals surface area contributed by atoms with Crippen molar-refractivity contribution in [1.82, 2.24) is 20.4 Å². The lowest BCUT2D eigenvalue weighted by molar-refractivity contribution is -0.150. The quantitative estimate of drug-likeness (QED) is 0.399. The molecule has 1 fully saturated rings. The maximum Gasteiger partial charge on any atom is 0.352 e. The highest BCUT2D eigenvalue weighted by Gasteiger charge is 2.54. The minimum atomic E-state index is -1.16. The molecule has 2 aliphatic rings. The molecule has 0 radical (unpaired) electrons. The first kappa shape index (κ1) is 21.8. The first-order chi connectivity index (χ1) is 14.9. The summed E-state index contributed by atoms with van der Waals surface area (Å²) in [5, 5.41) is 20.8. The molecular weight excluding hydrogens is 458 g/mol. The number of aryl methyl sites for hydroxylation is 1. The molecule has 2 unspecified atom stereocenters. The smallest absolute Gasteiger partial charge is 0.352 e. The Morgan fingerprint density at radius 1 is 1.35 bits per heavy atom. The summed E-state index contributed by atoms with van der Waals surface area (Å²) in [6, 6.07) is 7.15. The molecule has 4 N–H and O–H groups in total. The van der Waals surface area contributed by atoms with E-state index in [0.717, 1.165) is 9.35 Å². The van der Waals surface area contributed by atoms with Gasteiger partial charge in [-0.2, -0.15) is 0 Å². The van der Waals surface area contributed by atoms with Crippen LogP contribution < -0.4 is 11.1 Å². The number of carboxylic acid groups (broad SMARTS) is 1. The van der Waals surface area contributed by atoms with E-state index < -0.39 is 35.2 Å². The van der Waals surface area contributed by atoms with Gasteiger partial charge >= 0.3 is 5.97 Å². The Morgan fingerprint density at radius 2 is 2.10 bits per heavy atom. The Kier molecular flexibility index (Phi) is 6.32. The van der Waals surface area contributed by atoms with E-state index in [1.807, 2.05) is 13.0 Å². The lowest BCUT2D eigenvalue weighted by Gasteiger charge is -2.49. The molecule has 162 valence electrons. The van der Waals surface area contributed by atoms with Crippen molar-refractivity contribution >= 4 is 52.6 Å². The molecule has 2 aliphatic heterocycles. The standard InChI is InChI=1S/C19H19N5O4S3/c1-9-22-23-19(31-9)30-8-11-7-29-17-13(16(26)24(17)14(11)18(27)28)21-15(25)12(20)10-5-3-2-4-6-10/h2-6,12-13,17H,7-8,20H2,1H3,(H,21,25)(H,27,28)/t12?,13?,17-/m1/s1. The van der Waals surface area contributed by atoms with E-state index >= 15 is 0 Å². The molecule has 12 heteroatoms. The Labute approximate surface area is 190 Å². The second kappa shape index (κ2) is 8.99. The Balaban J connectivity index is 1.45. The fourth-order valence-electron chi connectivity index (χ4n) is 3.33. The summed E-state index contributed by atoms with van der Waals surface area (Å²) in [7, 11) is 0. The van der Waals surface area contributed by atoms with Crippen molar-refractivity contribution in [2.45, 2.75) is 28.7 Å². The van der Waals surface area contributed by atoms with Crippen molar-refractivity contribution < 1.29 is 19.5 Å². The maximum atomic E-state index is 12.8. The number of β-lactam (4-membered cyclic amide) rings is 1. The number of aromatic nitrogens is 2.